The third-order valence-corrected chi connectivity index (χ3v) is 3.74. The molecule has 0 bridgehead atoms. The van der Waals surface area contributed by atoms with Crippen molar-refractivity contribution in [1.29, 1.82) is 0 Å². The van der Waals surface area contributed by atoms with Crippen molar-refractivity contribution in [3.8, 4) is 0 Å². The molecule has 0 fully saturated rings. The van der Waals surface area contributed by atoms with E-state index in [9.17, 15) is 18.0 Å². The Morgan fingerprint density at radius 3 is 1.88 bits per heavy atom. The van der Waals surface area contributed by atoms with Gasteiger partial charge < -0.3 is 4.90 Å². The largest absolute Gasteiger partial charge is 0.416 e. The molecule has 0 N–H and O–H groups in total. The lowest BCUT2D eigenvalue weighted by Crippen LogP contribution is -2.34. The van der Waals surface area contributed by atoms with Gasteiger partial charge in [0.25, 0.3) is 5.91 Å². The molecule has 7 heteroatoms. The summed E-state index contributed by atoms with van der Waals surface area (Å²) in [4.78, 5) is 12.3. The molecule has 0 aliphatic heterocycles. The average Bonchev–Trinajstić information content (AvgIpc) is 2.54. The maximum atomic E-state index is 12.6. The number of carbonyl (C=O) groups is 1. The zero-order chi connectivity index (χ0) is 17.7. The summed E-state index contributed by atoms with van der Waals surface area (Å²) in [6.07, 6.45) is -4.39. The fourth-order valence-corrected chi connectivity index (χ4v) is 2.45. The third-order valence-electron chi connectivity index (χ3n) is 3.37. The first-order valence-electron chi connectivity index (χ1n) is 7.04. The predicted octanol–water partition coefficient (Wildman–Crippen LogP) is 5.04. The van der Waals surface area contributed by atoms with Gasteiger partial charge in [0.2, 0.25) is 0 Å². The van der Waals surface area contributed by atoms with Crippen LogP contribution in [0.25, 0.3) is 0 Å². The second kappa shape index (κ2) is 7.90. The van der Waals surface area contributed by atoms with Crippen molar-refractivity contribution in [1.82, 2.24) is 4.90 Å². The van der Waals surface area contributed by atoms with Crippen LogP contribution in [0.15, 0.2) is 54.6 Å². The summed E-state index contributed by atoms with van der Waals surface area (Å²) in [5.41, 5.74) is 0.688. The summed E-state index contributed by atoms with van der Waals surface area (Å²) in [5.74, 6) is -0.498. The highest BCUT2D eigenvalue weighted by molar-refractivity contribution is 6.53. The summed E-state index contributed by atoms with van der Waals surface area (Å²) in [6.45, 7) is 0.373. The van der Waals surface area contributed by atoms with Gasteiger partial charge in [-0.15, -0.1) is 0 Å². The minimum atomic E-state index is -4.39. The third kappa shape index (κ3) is 5.14. The first-order valence-corrected chi connectivity index (χ1v) is 7.91. The Balaban J connectivity index is 2.17. The van der Waals surface area contributed by atoms with Gasteiger partial charge in [0.05, 0.1) is 5.56 Å². The summed E-state index contributed by atoms with van der Waals surface area (Å²) >= 11 is 11.3. The van der Waals surface area contributed by atoms with Gasteiger partial charge >= 0.3 is 6.18 Å². The minimum Gasteiger partial charge on any atom is -0.332 e. The number of nitrogens with zero attached hydrogens (tertiary/aromatic N) is 1. The Bertz CT molecular complexity index is 672. The van der Waals surface area contributed by atoms with E-state index in [1.54, 1.807) is 0 Å². The van der Waals surface area contributed by atoms with Crippen molar-refractivity contribution in [3.63, 3.8) is 0 Å². The summed E-state index contributed by atoms with van der Waals surface area (Å²) < 4.78 is 37.8. The Morgan fingerprint density at radius 1 is 0.917 bits per heavy atom. The van der Waals surface area contributed by atoms with Crippen LogP contribution in [0.5, 0.6) is 0 Å². The zero-order valence-corrected chi connectivity index (χ0v) is 13.9. The molecule has 0 atom stereocenters. The highest BCUT2D eigenvalue weighted by atomic mass is 35.5. The predicted molar refractivity (Wildman–Crippen MR) is 87.6 cm³/mol. The van der Waals surface area contributed by atoms with Crippen molar-refractivity contribution < 1.29 is 18.0 Å². The van der Waals surface area contributed by atoms with Crippen LogP contribution in [-0.4, -0.2) is 15.6 Å². The second-order valence-corrected chi connectivity index (χ2v) is 6.27. The molecule has 128 valence electrons. The SMILES string of the molecule is O=C(C(Cl)Cl)N(Cc1ccccc1)Cc1ccc(C(F)(F)F)cc1. The van der Waals surface area contributed by atoms with E-state index in [1.807, 2.05) is 30.3 Å². The van der Waals surface area contributed by atoms with Crippen LogP contribution in [0, 0.1) is 0 Å². The molecule has 0 heterocycles. The van der Waals surface area contributed by atoms with E-state index in [0.717, 1.165) is 17.7 Å². The Labute approximate surface area is 147 Å². The summed E-state index contributed by atoms with van der Waals surface area (Å²) in [7, 11) is 0. The molecule has 0 saturated carbocycles. The van der Waals surface area contributed by atoms with E-state index >= 15 is 0 Å². The van der Waals surface area contributed by atoms with Crippen LogP contribution in [0.3, 0.4) is 0 Å². The van der Waals surface area contributed by atoms with Gasteiger partial charge in [0.15, 0.2) is 4.84 Å². The Morgan fingerprint density at radius 2 is 1.42 bits per heavy atom. The minimum absolute atomic E-state index is 0.113. The standard InChI is InChI=1S/C17H14Cl2F3NO/c18-15(19)16(24)23(10-12-4-2-1-3-5-12)11-13-6-8-14(9-7-13)17(20,21)22/h1-9,15H,10-11H2. The summed E-state index contributed by atoms with van der Waals surface area (Å²) in [5, 5.41) is 0. The number of halogens is 5. The van der Waals surface area contributed by atoms with E-state index in [-0.39, 0.29) is 13.1 Å². The monoisotopic (exact) mass is 375 g/mol. The number of benzene rings is 2. The molecule has 0 unspecified atom stereocenters. The summed E-state index contributed by atoms with van der Waals surface area (Å²) in [6, 6.07) is 13.8. The van der Waals surface area contributed by atoms with Gasteiger partial charge in [-0.2, -0.15) is 13.2 Å². The fraction of sp³-hybridized carbons (Fsp3) is 0.235. The van der Waals surface area contributed by atoms with Crippen molar-refractivity contribution in [2.24, 2.45) is 0 Å². The number of hydrogen-bond acceptors (Lipinski definition) is 1. The lowest BCUT2D eigenvalue weighted by atomic mass is 10.1. The molecule has 0 radical (unpaired) electrons. The molecule has 2 aromatic rings. The van der Waals surface area contributed by atoms with Crippen LogP contribution < -0.4 is 0 Å². The Kier molecular flexibility index (Phi) is 6.13. The number of hydrogen-bond donors (Lipinski definition) is 0. The Hall–Kier alpha value is -1.72. The molecule has 0 aromatic heterocycles. The van der Waals surface area contributed by atoms with Gasteiger partial charge in [-0.25, -0.2) is 0 Å². The van der Waals surface area contributed by atoms with Gasteiger partial charge in [0, 0.05) is 13.1 Å². The first kappa shape index (κ1) is 18.6. The number of carbonyl (C=O) groups excluding carboxylic acids is 1. The molecular weight excluding hydrogens is 362 g/mol. The smallest absolute Gasteiger partial charge is 0.332 e. The second-order valence-electron chi connectivity index (χ2n) is 5.18. The quantitative estimate of drug-likeness (QED) is 0.670. The topological polar surface area (TPSA) is 20.3 Å². The lowest BCUT2D eigenvalue weighted by Gasteiger charge is -2.23. The van der Waals surface area contributed by atoms with Crippen LogP contribution in [0.1, 0.15) is 16.7 Å². The van der Waals surface area contributed by atoms with Crippen molar-refractivity contribution in [2.45, 2.75) is 24.1 Å². The van der Waals surface area contributed by atoms with E-state index in [2.05, 4.69) is 0 Å². The molecule has 0 aliphatic rings. The van der Waals surface area contributed by atoms with Crippen LogP contribution in [0.4, 0.5) is 13.2 Å². The lowest BCUT2D eigenvalue weighted by molar-refractivity contribution is -0.137. The molecule has 2 rings (SSSR count). The van der Waals surface area contributed by atoms with E-state index < -0.39 is 22.5 Å². The number of rotatable bonds is 5. The molecule has 0 spiro atoms. The van der Waals surface area contributed by atoms with Crippen LogP contribution >= 0.6 is 23.2 Å². The highest BCUT2D eigenvalue weighted by Crippen LogP contribution is 2.29. The van der Waals surface area contributed by atoms with E-state index in [4.69, 9.17) is 23.2 Å². The molecular formula is C17H14Cl2F3NO. The number of amides is 1. The molecule has 2 aromatic carbocycles. The maximum absolute atomic E-state index is 12.6. The van der Waals surface area contributed by atoms with Crippen molar-refractivity contribution >= 4 is 29.1 Å². The fourth-order valence-electron chi connectivity index (χ4n) is 2.17. The normalized spacial score (nSPS) is 11.6. The van der Waals surface area contributed by atoms with Crippen molar-refractivity contribution in [2.75, 3.05) is 0 Å². The number of alkyl halides is 5. The van der Waals surface area contributed by atoms with Gasteiger partial charge in [-0.3, -0.25) is 4.79 Å². The molecule has 0 saturated heterocycles. The molecule has 1 amide bonds. The van der Waals surface area contributed by atoms with E-state index in [1.165, 1.54) is 17.0 Å². The molecule has 24 heavy (non-hydrogen) atoms. The maximum Gasteiger partial charge on any atom is 0.416 e. The zero-order valence-electron chi connectivity index (χ0n) is 12.4. The van der Waals surface area contributed by atoms with Gasteiger partial charge in [0.1, 0.15) is 0 Å². The van der Waals surface area contributed by atoms with Gasteiger partial charge in [-0.05, 0) is 23.3 Å². The van der Waals surface area contributed by atoms with Gasteiger partial charge in [-0.1, -0.05) is 65.7 Å². The van der Waals surface area contributed by atoms with E-state index in [0.29, 0.717) is 5.56 Å². The average molecular weight is 376 g/mol. The first-order chi connectivity index (χ1) is 11.3. The molecule has 2 nitrogen and oxygen atoms in total. The van der Waals surface area contributed by atoms with Crippen molar-refractivity contribution in [3.05, 3.63) is 71.3 Å². The molecule has 0 aliphatic carbocycles. The van der Waals surface area contributed by atoms with Crippen LogP contribution in [0.2, 0.25) is 0 Å². The highest BCUT2D eigenvalue weighted by Gasteiger charge is 2.30. The van der Waals surface area contributed by atoms with Crippen LogP contribution in [-0.2, 0) is 24.1 Å².